The summed E-state index contributed by atoms with van der Waals surface area (Å²) in [7, 11) is 0. The minimum atomic E-state index is 0.0845. The lowest BCUT2D eigenvalue weighted by Crippen LogP contribution is -2.34. The van der Waals surface area contributed by atoms with E-state index in [0.717, 1.165) is 59.8 Å². The van der Waals surface area contributed by atoms with Crippen LogP contribution in [-0.2, 0) is 6.54 Å². The lowest BCUT2D eigenvalue weighted by molar-refractivity contribution is 0.0729. The molecule has 156 valence electrons. The van der Waals surface area contributed by atoms with Crippen LogP contribution in [0.3, 0.4) is 0 Å². The first-order chi connectivity index (χ1) is 14.6. The number of amides is 1. The zero-order valence-corrected chi connectivity index (χ0v) is 18.0. The Balaban J connectivity index is 1.75. The van der Waals surface area contributed by atoms with Gasteiger partial charge >= 0.3 is 0 Å². The molecule has 0 atom stereocenters. The van der Waals surface area contributed by atoms with Crippen molar-refractivity contribution in [3.05, 3.63) is 71.3 Å². The fourth-order valence-corrected chi connectivity index (χ4v) is 3.92. The molecule has 1 heterocycles. The molecule has 2 aromatic carbocycles. The minimum absolute atomic E-state index is 0.0845. The number of carbonyl (C=O) groups is 1. The average Bonchev–Trinajstić information content (AvgIpc) is 3.54. The lowest BCUT2D eigenvalue weighted by Gasteiger charge is -2.25. The molecule has 1 saturated carbocycles. The van der Waals surface area contributed by atoms with Gasteiger partial charge in [0.2, 0.25) is 5.88 Å². The number of anilines is 1. The van der Waals surface area contributed by atoms with E-state index in [-0.39, 0.29) is 11.9 Å². The van der Waals surface area contributed by atoms with Crippen LogP contribution < -0.4 is 4.90 Å². The predicted octanol–water partition coefficient (Wildman–Crippen LogP) is 5.30. The van der Waals surface area contributed by atoms with Crippen molar-refractivity contribution in [2.45, 2.75) is 46.2 Å². The topological polar surface area (TPSA) is 49.6 Å². The van der Waals surface area contributed by atoms with Crippen LogP contribution in [0.2, 0.25) is 0 Å². The summed E-state index contributed by atoms with van der Waals surface area (Å²) < 4.78 is 5.84. The van der Waals surface area contributed by atoms with Crippen molar-refractivity contribution in [2.75, 3.05) is 18.0 Å². The van der Waals surface area contributed by atoms with Gasteiger partial charge in [0.05, 0.1) is 12.1 Å². The minimum Gasteiger partial charge on any atom is -0.341 e. The Hall–Kier alpha value is -3.08. The van der Waals surface area contributed by atoms with E-state index in [9.17, 15) is 4.79 Å². The fourth-order valence-electron chi connectivity index (χ4n) is 3.92. The molecule has 5 heteroatoms. The number of rotatable bonds is 8. The van der Waals surface area contributed by atoms with Crippen molar-refractivity contribution >= 4 is 11.8 Å². The second-order valence-corrected chi connectivity index (χ2v) is 7.83. The van der Waals surface area contributed by atoms with Gasteiger partial charge in [0.15, 0.2) is 0 Å². The molecular formula is C25H29N3O2. The van der Waals surface area contributed by atoms with Crippen LogP contribution >= 0.6 is 0 Å². The molecule has 0 bridgehead atoms. The largest absolute Gasteiger partial charge is 0.341 e. The van der Waals surface area contributed by atoms with Gasteiger partial charge in [-0.15, -0.1) is 0 Å². The molecule has 0 spiro atoms. The molecule has 0 saturated heterocycles. The quantitative estimate of drug-likeness (QED) is 0.512. The maximum Gasteiger partial charge on any atom is 0.254 e. The molecule has 4 rings (SSSR count). The molecule has 0 aliphatic heterocycles. The summed E-state index contributed by atoms with van der Waals surface area (Å²) in [6, 6.07) is 18.2. The lowest BCUT2D eigenvalue weighted by atomic mass is 10.0. The zero-order valence-electron chi connectivity index (χ0n) is 18.0. The Morgan fingerprint density at radius 1 is 1.03 bits per heavy atom. The highest BCUT2D eigenvalue weighted by Crippen LogP contribution is 2.36. The van der Waals surface area contributed by atoms with Gasteiger partial charge in [0.25, 0.3) is 5.91 Å². The summed E-state index contributed by atoms with van der Waals surface area (Å²) in [5.74, 6) is 0.850. The Kier molecular flexibility index (Phi) is 5.88. The molecule has 5 nitrogen and oxygen atoms in total. The van der Waals surface area contributed by atoms with E-state index < -0.39 is 0 Å². The number of aryl methyl sites for hydroxylation is 1. The summed E-state index contributed by atoms with van der Waals surface area (Å²) in [4.78, 5) is 17.7. The van der Waals surface area contributed by atoms with Gasteiger partial charge in [-0.1, -0.05) is 53.7 Å². The highest BCUT2D eigenvalue weighted by atomic mass is 16.5. The van der Waals surface area contributed by atoms with E-state index in [1.165, 1.54) is 0 Å². The summed E-state index contributed by atoms with van der Waals surface area (Å²) in [6.45, 7) is 8.35. The van der Waals surface area contributed by atoms with E-state index in [1.54, 1.807) is 0 Å². The third-order valence-corrected chi connectivity index (χ3v) is 5.82. The standard InChI is InChI=1S/C25H29N3O2/c1-4-27(5-2)25-22(23(26-30-25)19-12-7-6-8-13-19)17-28(20-15-16-20)24(29)21-14-10-9-11-18(21)3/h6-14,20H,4-5,15-17H2,1-3H3. The maximum absolute atomic E-state index is 13.5. The van der Waals surface area contributed by atoms with Crippen LogP contribution in [0.4, 0.5) is 5.88 Å². The van der Waals surface area contributed by atoms with Crippen LogP contribution in [0.15, 0.2) is 59.1 Å². The third kappa shape index (κ3) is 3.97. The number of benzene rings is 2. The van der Waals surface area contributed by atoms with Crippen molar-refractivity contribution < 1.29 is 9.32 Å². The summed E-state index contributed by atoms with van der Waals surface area (Å²) >= 11 is 0. The Labute approximate surface area is 178 Å². The zero-order chi connectivity index (χ0) is 21.1. The second-order valence-electron chi connectivity index (χ2n) is 7.83. The summed E-state index contributed by atoms with van der Waals surface area (Å²) in [5, 5.41) is 4.43. The highest BCUT2D eigenvalue weighted by Gasteiger charge is 2.36. The van der Waals surface area contributed by atoms with Gasteiger partial charge in [-0.2, -0.15) is 0 Å². The van der Waals surface area contributed by atoms with Crippen molar-refractivity contribution in [3.8, 4) is 11.3 Å². The molecule has 1 aromatic heterocycles. The second kappa shape index (κ2) is 8.74. The molecule has 1 amide bonds. The van der Waals surface area contributed by atoms with Gasteiger partial charge in [-0.05, 0) is 45.2 Å². The highest BCUT2D eigenvalue weighted by molar-refractivity contribution is 5.96. The summed E-state index contributed by atoms with van der Waals surface area (Å²) in [5.41, 5.74) is 4.59. The fraction of sp³-hybridized carbons (Fsp3) is 0.360. The van der Waals surface area contributed by atoms with Gasteiger partial charge in [0.1, 0.15) is 5.69 Å². The Morgan fingerprint density at radius 3 is 2.33 bits per heavy atom. The molecule has 3 aromatic rings. The molecule has 1 fully saturated rings. The maximum atomic E-state index is 13.5. The summed E-state index contributed by atoms with van der Waals surface area (Å²) in [6.07, 6.45) is 2.09. The number of aromatic nitrogens is 1. The normalized spacial score (nSPS) is 13.3. The van der Waals surface area contributed by atoms with Crippen LogP contribution in [0.25, 0.3) is 11.3 Å². The van der Waals surface area contributed by atoms with Crippen molar-refractivity contribution in [2.24, 2.45) is 0 Å². The van der Waals surface area contributed by atoms with E-state index in [2.05, 4.69) is 23.9 Å². The first-order valence-electron chi connectivity index (χ1n) is 10.8. The molecular weight excluding hydrogens is 374 g/mol. The van der Waals surface area contributed by atoms with Gasteiger partial charge in [-0.3, -0.25) is 4.79 Å². The molecule has 0 N–H and O–H groups in total. The molecule has 0 radical (unpaired) electrons. The third-order valence-electron chi connectivity index (χ3n) is 5.82. The number of carbonyl (C=O) groups excluding carboxylic acids is 1. The first-order valence-corrected chi connectivity index (χ1v) is 10.8. The first kappa shape index (κ1) is 20.2. The van der Waals surface area contributed by atoms with E-state index in [0.29, 0.717) is 6.54 Å². The molecule has 30 heavy (non-hydrogen) atoms. The Bertz CT molecular complexity index is 1000. The van der Waals surface area contributed by atoms with Crippen LogP contribution in [-0.4, -0.2) is 35.1 Å². The van der Waals surface area contributed by atoms with E-state index in [4.69, 9.17) is 4.52 Å². The van der Waals surface area contributed by atoms with Crippen molar-refractivity contribution in [1.82, 2.24) is 10.1 Å². The SMILES string of the molecule is CCN(CC)c1onc(-c2ccccc2)c1CN(C(=O)c1ccccc1C)C1CC1. The van der Waals surface area contributed by atoms with Gasteiger partial charge in [0, 0.05) is 30.3 Å². The number of nitrogens with zero attached hydrogens (tertiary/aromatic N) is 3. The monoisotopic (exact) mass is 403 g/mol. The number of hydrogen-bond donors (Lipinski definition) is 0. The smallest absolute Gasteiger partial charge is 0.254 e. The predicted molar refractivity (Wildman–Crippen MR) is 120 cm³/mol. The van der Waals surface area contributed by atoms with Gasteiger partial charge in [-0.25, -0.2) is 0 Å². The van der Waals surface area contributed by atoms with Crippen molar-refractivity contribution in [3.63, 3.8) is 0 Å². The van der Waals surface area contributed by atoms with Crippen LogP contribution in [0.5, 0.6) is 0 Å². The number of hydrogen-bond acceptors (Lipinski definition) is 4. The van der Waals surface area contributed by atoms with E-state index in [1.807, 2.05) is 66.4 Å². The average molecular weight is 404 g/mol. The van der Waals surface area contributed by atoms with Crippen LogP contribution in [0.1, 0.15) is 48.2 Å². The van der Waals surface area contributed by atoms with Crippen molar-refractivity contribution in [1.29, 1.82) is 0 Å². The molecule has 0 unspecified atom stereocenters. The van der Waals surface area contributed by atoms with Gasteiger partial charge < -0.3 is 14.3 Å². The molecule has 1 aliphatic carbocycles. The Morgan fingerprint density at radius 2 is 1.70 bits per heavy atom. The van der Waals surface area contributed by atoms with Crippen LogP contribution in [0, 0.1) is 6.92 Å². The molecule has 1 aliphatic rings. The van der Waals surface area contributed by atoms with E-state index >= 15 is 0 Å².